The van der Waals surface area contributed by atoms with Crippen LogP contribution in [0.3, 0.4) is 0 Å². The molecule has 0 aromatic carbocycles. The van der Waals surface area contributed by atoms with Crippen molar-refractivity contribution in [2.45, 2.75) is 32.6 Å². The Kier molecular flexibility index (Phi) is 6.67. The predicted molar refractivity (Wildman–Crippen MR) is 49.0 cm³/mol. The Balaban J connectivity index is 3.06. The normalized spacial score (nSPS) is 15.9. The number of unbranched alkanes of at least 4 members (excludes halogenated alkanes) is 3. The molecule has 4 nitrogen and oxygen atoms in total. The third-order valence-corrected chi connectivity index (χ3v) is 1.83. The highest BCUT2D eigenvalue weighted by atomic mass is 31.2. The lowest BCUT2D eigenvalue weighted by Crippen LogP contribution is -2.13. The van der Waals surface area contributed by atoms with Crippen molar-refractivity contribution >= 4 is 7.60 Å². The van der Waals surface area contributed by atoms with Gasteiger partial charge in [-0.2, -0.15) is 5.48 Å². The van der Waals surface area contributed by atoms with E-state index in [9.17, 15) is 4.57 Å². The number of rotatable bonds is 7. The summed E-state index contributed by atoms with van der Waals surface area (Å²) in [4.78, 5) is 8.69. The summed E-state index contributed by atoms with van der Waals surface area (Å²) in [7, 11) is -3.33. The van der Waals surface area contributed by atoms with Crippen LogP contribution < -0.4 is 5.48 Å². The molecule has 0 fully saturated rings. The van der Waals surface area contributed by atoms with Gasteiger partial charge < -0.3 is 4.89 Å². The Morgan fingerprint density at radius 3 is 2.58 bits per heavy atom. The van der Waals surface area contributed by atoms with E-state index in [-0.39, 0.29) is 0 Å². The maximum absolute atomic E-state index is 10.6. The molecule has 0 rings (SSSR count). The molecule has 0 aromatic heterocycles. The Morgan fingerprint density at radius 2 is 2.08 bits per heavy atom. The summed E-state index contributed by atoms with van der Waals surface area (Å²) in [5.41, 5.74) is 2.47. The van der Waals surface area contributed by atoms with Crippen LogP contribution in [0, 0.1) is 0 Å². The fourth-order valence-corrected chi connectivity index (χ4v) is 1.12. The van der Waals surface area contributed by atoms with E-state index in [1.807, 2.05) is 0 Å². The molecule has 2 N–H and O–H groups in total. The quantitative estimate of drug-likeness (QED) is 0.370. The molecule has 0 heterocycles. The Morgan fingerprint density at radius 1 is 1.42 bits per heavy atom. The SMILES string of the molecule is CCCCCCNOP(C)(=O)O. The van der Waals surface area contributed by atoms with Crippen molar-refractivity contribution in [2.75, 3.05) is 13.2 Å². The minimum atomic E-state index is -3.33. The molecule has 0 radical (unpaired) electrons. The average molecular weight is 195 g/mol. The van der Waals surface area contributed by atoms with E-state index in [1.54, 1.807) is 0 Å². The first-order valence-electron chi connectivity index (χ1n) is 4.28. The minimum Gasteiger partial charge on any atom is -0.324 e. The van der Waals surface area contributed by atoms with Gasteiger partial charge in [-0.1, -0.05) is 26.2 Å². The first kappa shape index (κ1) is 12.1. The van der Waals surface area contributed by atoms with Crippen LogP contribution in [0.1, 0.15) is 32.6 Å². The fraction of sp³-hybridized carbons (Fsp3) is 1.00. The van der Waals surface area contributed by atoms with E-state index in [1.165, 1.54) is 12.8 Å². The summed E-state index contributed by atoms with van der Waals surface area (Å²) in [6, 6.07) is 0. The number of hydroxylamine groups is 1. The second-order valence-electron chi connectivity index (χ2n) is 2.85. The van der Waals surface area contributed by atoms with Crippen LogP contribution in [0.15, 0.2) is 0 Å². The molecule has 0 saturated heterocycles. The predicted octanol–water partition coefficient (Wildman–Crippen LogP) is 1.90. The Hall–Kier alpha value is 0.110. The molecule has 0 saturated carbocycles. The van der Waals surface area contributed by atoms with Crippen LogP contribution in [0.5, 0.6) is 0 Å². The summed E-state index contributed by atoms with van der Waals surface area (Å²) >= 11 is 0. The standard InChI is InChI=1S/C7H18NO3P/c1-3-4-5-6-7-8-11-12(2,9)10/h8H,3-7H2,1-2H3,(H,9,10). The van der Waals surface area contributed by atoms with Crippen LogP contribution in [0.25, 0.3) is 0 Å². The largest absolute Gasteiger partial charge is 0.341 e. The van der Waals surface area contributed by atoms with E-state index in [0.29, 0.717) is 6.54 Å². The molecule has 0 aliphatic carbocycles. The fourth-order valence-electron chi connectivity index (χ4n) is 0.789. The summed E-state index contributed by atoms with van der Waals surface area (Å²) in [6.45, 7) is 3.93. The molecule has 0 bridgehead atoms. The molecular weight excluding hydrogens is 177 g/mol. The van der Waals surface area contributed by atoms with Crippen LogP contribution in [-0.2, 0) is 9.19 Å². The van der Waals surface area contributed by atoms with Gasteiger partial charge in [0, 0.05) is 13.2 Å². The molecule has 0 aromatic rings. The summed E-state index contributed by atoms with van der Waals surface area (Å²) in [5, 5.41) is 0. The van der Waals surface area contributed by atoms with Crippen LogP contribution in [0.2, 0.25) is 0 Å². The maximum atomic E-state index is 10.6. The second-order valence-corrected chi connectivity index (χ2v) is 4.64. The van der Waals surface area contributed by atoms with Crippen molar-refractivity contribution < 1.29 is 14.1 Å². The summed E-state index contributed by atoms with van der Waals surface area (Å²) in [5.74, 6) is 0. The average Bonchev–Trinajstić information content (AvgIpc) is 1.94. The van der Waals surface area contributed by atoms with Gasteiger partial charge in [-0.25, -0.2) is 4.62 Å². The third-order valence-electron chi connectivity index (χ3n) is 1.37. The minimum absolute atomic E-state index is 0.637. The number of nitrogens with one attached hydrogen (secondary N) is 1. The Bertz CT molecular complexity index is 146. The van der Waals surface area contributed by atoms with Gasteiger partial charge in [0.2, 0.25) is 0 Å². The second kappa shape index (κ2) is 6.61. The zero-order valence-electron chi connectivity index (χ0n) is 7.75. The molecule has 74 valence electrons. The molecule has 0 aliphatic rings. The van der Waals surface area contributed by atoms with E-state index < -0.39 is 7.60 Å². The first-order chi connectivity index (χ1) is 5.56. The lowest BCUT2D eigenvalue weighted by molar-refractivity contribution is 0.168. The van der Waals surface area contributed by atoms with Gasteiger partial charge in [-0.15, -0.1) is 0 Å². The molecule has 1 unspecified atom stereocenters. The van der Waals surface area contributed by atoms with Gasteiger partial charge in [-0.05, 0) is 6.42 Å². The van der Waals surface area contributed by atoms with Gasteiger partial charge in [0.1, 0.15) is 0 Å². The van der Waals surface area contributed by atoms with Gasteiger partial charge in [0.05, 0.1) is 0 Å². The highest BCUT2D eigenvalue weighted by molar-refractivity contribution is 7.51. The van der Waals surface area contributed by atoms with Crippen molar-refractivity contribution in [1.29, 1.82) is 0 Å². The first-order valence-corrected chi connectivity index (χ1v) is 6.30. The monoisotopic (exact) mass is 195 g/mol. The third kappa shape index (κ3) is 10.1. The van der Waals surface area contributed by atoms with Crippen LogP contribution in [0.4, 0.5) is 0 Å². The van der Waals surface area contributed by atoms with Crippen molar-refractivity contribution in [3.63, 3.8) is 0 Å². The molecule has 0 spiro atoms. The van der Waals surface area contributed by atoms with Crippen molar-refractivity contribution in [1.82, 2.24) is 5.48 Å². The topological polar surface area (TPSA) is 58.6 Å². The van der Waals surface area contributed by atoms with Gasteiger partial charge in [0.15, 0.2) is 0 Å². The van der Waals surface area contributed by atoms with E-state index in [2.05, 4.69) is 17.0 Å². The molecule has 5 heteroatoms. The molecular formula is C7H18NO3P. The Labute approximate surface area is 73.8 Å². The zero-order chi connectivity index (χ0) is 9.45. The summed E-state index contributed by atoms with van der Waals surface area (Å²) < 4.78 is 15.0. The summed E-state index contributed by atoms with van der Waals surface area (Å²) in [6.07, 6.45) is 4.50. The highest BCUT2D eigenvalue weighted by Gasteiger charge is 2.08. The van der Waals surface area contributed by atoms with E-state index >= 15 is 0 Å². The molecule has 1 atom stereocenters. The van der Waals surface area contributed by atoms with Gasteiger partial charge in [-0.3, -0.25) is 4.57 Å². The van der Waals surface area contributed by atoms with E-state index in [0.717, 1.165) is 19.5 Å². The molecule has 12 heavy (non-hydrogen) atoms. The van der Waals surface area contributed by atoms with E-state index in [4.69, 9.17) is 4.89 Å². The van der Waals surface area contributed by atoms with Gasteiger partial charge in [0.25, 0.3) is 0 Å². The van der Waals surface area contributed by atoms with Crippen molar-refractivity contribution in [3.8, 4) is 0 Å². The lowest BCUT2D eigenvalue weighted by Gasteiger charge is -2.06. The highest BCUT2D eigenvalue weighted by Crippen LogP contribution is 2.34. The van der Waals surface area contributed by atoms with Gasteiger partial charge >= 0.3 is 7.60 Å². The maximum Gasteiger partial charge on any atom is 0.341 e. The van der Waals surface area contributed by atoms with Crippen molar-refractivity contribution in [2.24, 2.45) is 0 Å². The number of hydrogen-bond acceptors (Lipinski definition) is 3. The van der Waals surface area contributed by atoms with Crippen molar-refractivity contribution in [3.05, 3.63) is 0 Å². The number of hydrogen-bond donors (Lipinski definition) is 2. The lowest BCUT2D eigenvalue weighted by atomic mass is 10.2. The van der Waals surface area contributed by atoms with Crippen LogP contribution in [-0.4, -0.2) is 18.1 Å². The molecule has 0 aliphatic heterocycles. The molecule has 0 amide bonds. The van der Waals surface area contributed by atoms with Crippen LogP contribution >= 0.6 is 7.60 Å². The smallest absolute Gasteiger partial charge is 0.324 e. The zero-order valence-corrected chi connectivity index (χ0v) is 8.64.